The Labute approximate surface area is 64.2 Å². The standard InChI is InChI=1S/C8H8O3/c1-5-2-3-6-8(7(5)9)11-4-10-6/h2-3,9H,4H2,1H3. The van der Waals surface area contributed by atoms with E-state index in [-0.39, 0.29) is 12.5 Å². The quantitative estimate of drug-likeness (QED) is 0.611. The predicted molar refractivity (Wildman–Crippen MR) is 39.0 cm³/mol. The summed E-state index contributed by atoms with van der Waals surface area (Å²) >= 11 is 0. The average Bonchev–Trinajstić information content (AvgIpc) is 2.45. The number of hydrogen-bond donors (Lipinski definition) is 1. The molecule has 1 aliphatic heterocycles. The molecule has 0 unspecified atom stereocenters. The summed E-state index contributed by atoms with van der Waals surface area (Å²) < 4.78 is 10.1. The van der Waals surface area contributed by atoms with Crippen LogP contribution in [0.4, 0.5) is 0 Å². The van der Waals surface area contributed by atoms with E-state index in [0.717, 1.165) is 5.56 Å². The third kappa shape index (κ3) is 0.808. The Balaban J connectivity index is 2.62. The Morgan fingerprint density at radius 3 is 3.00 bits per heavy atom. The van der Waals surface area contributed by atoms with Gasteiger partial charge in [0.05, 0.1) is 0 Å². The number of benzene rings is 1. The summed E-state index contributed by atoms with van der Waals surface area (Å²) in [5.74, 6) is 1.26. The van der Waals surface area contributed by atoms with Gasteiger partial charge in [0, 0.05) is 0 Å². The SMILES string of the molecule is Cc1ccc2c(c1O)OCO2. The lowest BCUT2D eigenvalue weighted by Gasteiger charge is -2.00. The summed E-state index contributed by atoms with van der Waals surface area (Å²) in [4.78, 5) is 0. The third-order valence-corrected chi connectivity index (χ3v) is 1.71. The van der Waals surface area contributed by atoms with Crippen LogP contribution in [0, 0.1) is 6.92 Å². The van der Waals surface area contributed by atoms with Crippen molar-refractivity contribution < 1.29 is 14.6 Å². The van der Waals surface area contributed by atoms with Crippen molar-refractivity contribution in [3.05, 3.63) is 17.7 Å². The van der Waals surface area contributed by atoms with Gasteiger partial charge >= 0.3 is 0 Å². The minimum atomic E-state index is 0.181. The summed E-state index contributed by atoms with van der Waals surface area (Å²) in [5, 5.41) is 9.41. The molecule has 0 spiro atoms. The molecule has 0 bridgehead atoms. The van der Waals surface area contributed by atoms with Gasteiger partial charge < -0.3 is 14.6 Å². The molecule has 0 radical (unpaired) electrons. The Morgan fingerprint density at radius 1 is 1.36 bits per heavy atom. The van der Waals surface area contributed by atoms with Crippen LogP contribution in [0.15, 0.2) is 12.1 Å². The Bertz CT molecular complexity index is 294. The maximum Gasteiger partial charge on any atom is 0.231 e. The van der Waals surface area contributed by atoms with E-state index in [4.69, 9.17) is 9.47 Å². The molecular weight excluding hydrogens is 144 g/mol. The van der Waals surface area contributed by atoms with E-state index in [1.54, 1.807) is 12.1 Å². The molecular formula is C8H8O3. The molecule has 1 N–H and O–H groups in total. The van der Waals surface area contributed by atoms with Gasteiger partial charge in [-0.15, -0.1) is 0 Å². The molecule has 0 amide bonds. The second-order valence-electron chi connectivity index (χ2n) is 2.46. The van der Waals surface area contributed by atoms with Crippen LogP contribution in [-0.4, -0.2) is 11.9 Å². The highest BCUT2D eigenvalue weighted by atomic mass is 16.7. The van der Waals surface area contributed by atoms with Crippen LogP contribution >= 0.6 is 0 Å². The fourth-order valence-corrected chi connectivity index (χ4v) is 1.06. The fraction of sp³-hybridized carbons (Fsp3) is 0.250. The predicted octanol–water partition coefficient (Wildman–Crippen LogP) is 1.43. The molecule has 1 aliphatic rings. The normalized spacial score (nSPS) is 13.5. The van der Waals surface area contributed by atoms with E-state index in [2.05, 4.69) is 0 Å². The molecule has 0 aromatic heterocycles. The number of phenolic OH excluding ortho intramolecular Hbond substituents is 1. The number of phenols is 1. The highest BCUT2D eigenvalue weighted by Crippen LogP contribution is 2.41. The van der Waals surface area contributed by atoms with Gasteiger partial charge in [-0.05, 0) is 18.6 Å². The van der Waals surface area contributed by atoms with Crippen molar-refractivity contribution in [2.75, 3.05) is 6.79 Å². The molecule has 1 heterocycles. The Kier molecular flexibility index (Phi) is 1.18. The van der Waals surface area contributed by atoms with Gasteiger partial charge in [-0.2, -0.15) is 0 Å². The zero-order valence-electron chi connectivity index (χ0n) is 6.13. The van der Waals surface area contributed by atoms with Crippen molar-refractivity contribution in [2.45, 2.75) is 6.92 Å². The second kappa shape index (κ2) is 2.05. The highest BCUT2D eigenvalue weighted by molar-refractivity contribution is 5.55. The van der Waals surface area contributed by atoms with E-state index in [0.29, 0.717) is 11.5 Å². The van der Waals surface area contributed by atoms with Gasteiger partial charge in [0.15, 0.2) is 11.5 Å². The first-order chi connectivity index (χ1) is 5.29. The maximum absolute atomic E-state index is 9.41. The first-order valence-corrected chi connectivity index (χ1v) is 3.37. The number of aryl methyl sites for hydroxylation is 1. The van der Waals surface area contributed by atoms with Crippen LogP contribution < -0.4 is 9.47 Å². The maximum atomic E-state index is 9.41. The average molecular weight is 152 g/mol. The molecule has 0 saturated heterocycles. The van der Waals surface area contributed by atoms with E-state index >= 15 is 0 Å². The van der Waals surface area contributed by atoms with Crippen LogP contribution in [0.2, 0.25) is 0 Å². The first-order valence-electron chi connectivity index (χ1n) is 3.37. The number of fused-ring (bicyclic) bond motifs is 1. The van der Waals surface area contributed by atoms with Crippen LogP contribution in [0.25, 0.3) is 0 Å². The zero-order chi connectivity index (χ0) is 7.84. The summed E-state index contributed by atoms with van der Waals surface area (Å²) in [5.41, 5.74) is 0.800. The molecule has 1 aromatic rings. The molecule has 11 heavy (non-hydrogen) atoms. The van der Waals surface area contributed by atoms with Crippen molar-refractivity contribution in [1.29, 1.82) is 0 Å². The molecule has 2 rings (SSSR count). The lowest BCUT2D eigenvalue weighted by molar-refractivity contribution is 0.171. The summed E-state index contributed by atoms with van der Waals surface area (Å²) in [6.07, 6.45) is 0. The molecule has 0 fully saturated rings. The van der Waals surface area contributed by atoms with Crippen molar-refractivity contribution in [2.24, 2.45) is 0 Å². The fourth-order valence-electron chi connectivity index (χ4n) is 1.06. The van der Waals surface area contributed by atoms with Crippen LogP contribution in [0.1, 0.15) is 5.56 Å². The van der Waals surface area contributed by atoms with Crippen molar-refractivity contribution >= 4 is 0 Å². The number of rotatable bonds is 0. The first kappa shape index (κ1) is 6.34. The highest BCUT2D eigenvalue weighted by Gasteiger charge is 2.18. The number of ether oxygens (including phenoxy) is 2. The summed E-state index contributed by atoms with van der Waals surface area (Å²) in [6.45, 7) is 2.02. The number of aromatic hydroxyl groups is 1. The van der Waals surface area contributed by atoms with Gasteiger partial charge in [-0.25, -0.2) is 0 Å². The molecule has 0 aliphatic carbocycles. The summed E-state index contributed by atoms with van der Waals surface area (Å²) in [7, 11) is 0. The van der Waals surface area contributed by atoms with Gasteiger partial charge in [0.25, 0.3) is 0 Å². The monoisotopic (exact) mass is 152 g/mol. The van der Waals surface area contributed by atoms with Gasteiger partial charge in [0.2, 0.25) is 12.5 Å². The molecule has 58 valence electrons. The third-order valence-electron chi connectivity index (χ3n) is 1.71. The van der Waals surface area contributed by atoms with Gasteiger partial charge in [-0.1, -0.05) is 6.07 Å². The molecule has 0 saturated carbocycles. The van der Waals surface area contributed by atoms with Gasteiger partial charge in [-0.3, -0.25) is 0 Å². The summed E-state index contributed by atoms with van der Waals surface area (Å²) in [6, 6.07) is 3.58. The number of hydrogen-bond acceptors (Lipinski definition) is 3. The Morgan fingerprint density at radius 2 is 2.18 bits per heavy atom. The lowest BCUT2D eigenvalue weighted by atomic mass is 10.2. The second-order valence-corrected chi connectivity index (χ2v) is 2.46. The molecule has 3 nitrogen and oxygen atoms in total. The topological polar surface area (TPSA) is 38.7 Å². The van der Waals surface area contributed by atoms with Crippen LogP contribution in [-0.2, 0) is 0 Å². The molecule has 0 atom stereocenters. The van der Waals surface area contributed by atoms with Crippen molar-refractivity contribution in [1.82, 2.24) is 0 Å². The molecule has 1 aromatic carbocycles. The van der Waals surface area contributed by atoms with E-state index in [1.807, 2.05) is 6.92 Å². The van der Waals surface area contributed by atoms with E-state index in [9.17, 15) is 5.11 Å². The largest absolute Gasteiger partial charge is 0.504 e. The van der Waals surface area contributed by atoms with Gasteiger partial charge in [0.1, 0.15) is 0 Å². The van der Waals surface area contributed by atoms with Crippen molar-refractivity contribution in [3.8, 4) is 17.2 Å². The Hall–Kier alpha value is -1.38. The van der Waals surface area contributed by atoms with E-state index < -0.39 is 0 Å². The van der Waals surface area contributed by atoms with Crippen LogP contribution in [0.5, 0.6) is 17.2 Å². The minimum Gasteiger partial charge on any atom is -0.504 e. The zero-order valence-corrected chi connectivity index (χ0v) is 6.13. The lowest BCUT2D eigenvalue weighted by Crippen LogP contribution is -1.93. The smallest absolute Gasteiger partial charge is 0.231 e. The minimum absolute atomic E-state index is 0.181. The van der Waals surface area contributed by atoms with Crippen molar-refractivity contribution in [3.63, 3.8) is 0 Å². The van der Waals surface area contributed by atoms with Crippen LogP contribution in [0.3, 0.4) is 0 Å². The molecule has 3 heteroatoms. The van der Waals surface area contributed by atoms with E-state index in [1.165, 1.54) is 0 Å².